The van der Waals surface area contributed by atoms with E-state index in [1.54, 1.807) is 23.1 Å². The van der Waals surface area contributed by atoms with E-state index < -0.39 is 6.10 Å². The number of carbonyl (C=O) groups is 2. The average Bonchev–Trinajstić information content (AvgIpc) is 2.76. The van der Waals surface area contributed by atoms with Gasteiger partial charge < -0.3 is 14.9 Å². The van der Waals surface area contributed by atoms with E-state index in [2.05, 4.69) is 0 Å². The summed E-state index contributed by atoms with van der Waals surface area (Å²) in [5.41, 5.74) is 1.70. The van der Waals surface area contributed by atoms with E-state index >= 15 is 0 Å². The second kappa shape index (κ2) is 8.34. The summed E-state index contributed by atoms with van der Waals surface area (Å²) in [5, 5.41) is 10.8. The molecule has 1 fully saturated rings. The Labute approximate surface area is 157 Å². The summed E-state index contributed by atoms with van der Waals surface area (Å²) >= 11 is 6.11. The van der Waals surface area contributed by atoms with Gasteiger partial charge in [-0.3, -0.25) is 9.59 Å². The molecule has 3 rings (SSSR count). The topological polar surface area (TPSA) is 60.9 Å². The normalized spacial score (nSPS) is 17.9. The number of benzene rings is 2. The van der Waals surface area contributed by atoms with E-state index in [0.29, 0.717) is 17.1 Å². The van der Waals surface area contributed by atoms with Gasteiger partial charge in [-0.2, -0.15) is 0 Å². The highest BCUT2D eigenvalue weighted by Gasteiger charge is 2.29. The van der Waals surface area contributed by atoms with Crippen molar-refractivity contribution in [3.8, 4) is 0 Å². The van der Waals surface area contributed by atoms with E-state index in [1.807, 2.05) is 36.4 Å². The van der Waals surface area contributed by atoms with Crippen LogP contribution >= 0.6 is 11.6 Å². The van der Waals surface area contributed by atoms with Crippen molar-refractivity contribution in [2.75, 3.05) is 19.6 Å². The van der Waals surface area contributed by atoms with E-state index in [0.717, 1.165) is 5.56 Å². The zero-order valence-corrected chi connectivity index (χ0v) is 15.1. The molecule has 2 amide bonds. The maximum Gasteiger partial charge on any atom is 0.242 e. The van der Waals surface area contributed by atoms with Crippen LogP contribution in [0.25, 0.3) is 0 Å². The van der Waals surface area contributed by atoms with Crippen molar-refractivity contribution in [3.63, 3.8) is 0 Å². The highest BCUT2D eigenvalue weighted by atomic mass is 35.5. The average molecular weight is 373 g/mol. The highest BCUT2D eigenvalue weighted by molar-refractivity contribution is 6.31. The first-order valence-corrected chi connectivity index (χ1v) is 8.91. The van der Waals surface area contributed by atoms with Crippen LogP contribution in [0.5, 0.6) is 0 Å². The molecule has 0 saturated carbocycles. The molecule has 1 aliphatic rings. The summed E-state index contributed by atoms with van der Waals surface area (Å²) in [6, 6.07) is 16.7. The van der Waals surface area contributed by atoms with E-state index in [-0.39, 0.29) is 37.9 Å². The van der Waals surface area contributed by atoms with Crippen LogP contribution in [0, 0.1) is 0 Å². The number of amides is 2. The van der Waals surface area contributed by atoms with Gasteiger partial charge in [-0.15, -0.1) is 0 Å². The van der Waals surface area contributed by atoms with Crippen LogP contribution in [-0.4, -0.2) is 52.5 Å². The summed E-state index contributed by atoms with van der Waals surface area (Å²) in [4.78, 5) is 28.2. The first-order chi connectivity index (χ1) is 12.5. The Balaban J connectivity index is 1.68. The zero-order valence-electron chi connectivity index (χ0n) is 14.3. The van der Waals surface area contributed by atoms with Gasteiger partial charge in [-0.25, -0.2) is 0 Å². The molecule has 1 atom stereocenters. The Hall–Kier alpha value is -2.37. The fraction of sp³-hybridized carbons (Fsp3) is 0.300. The Morgan fingerprint density at radius 1 is 1.08 bits per heavy atom. The number of nitrogens with zero attached hydrogens (tertiary/aromatic N) is 2. The molecule has 1 heterocycles. The Morgan fingerprint density at radius 3 is 2.50 bits per heavy atom. The van der Waals surface area contributed by atoms with Crippen LogP contribution in [0.4, 0.5) is 0 Å². The quantitative estimate of drug-likeness (QED) is 0.894. The van der Waals surface area contributed by atoms with Crippen LogP contribution in [0.1, 0.15) is 11.1 Å². The summed E-state index contributed by atoms with van der Waals surface area (Å²) < 4.78 is 0. The lowest BCUT2D eigenvalue weighted by Gasteiger charge is -2.22. The van der Waals surface area contributed by atoms with E-state index in [9.17, 15) is 14.7 Å². The third-order valence-electron chi connectivity index (χ3n) is 4.41. The van der Waals surface area contributed by atoms with Gasteiger partial charge in [0.2, 0.25) is 11.8 Å². The van der Waals surface area contributed by atoms with Gasteiger partial charge in [0.05, 0.1) is 19.1 Å². The van der Waals surface area contributed by atoms with Crippen LogP contribution < -0.4 is 0 Å². The molecule has 1 saturated heterocycles. The van der Waals surface area contributed by atoms with Crippen LogP contribution in [0.2, 0.25) is 5.02 Å². The smallest absolute Gasteiger partial charge is 0.242 e. The van der Waals surface area contributed by atoms with Gasteiger partial charge in [-0.05, 0) is 17.2 Å². The van der Waals surface area contributed by atoms with E-state index in [1.165, 1.54) is 4.90 Å². The molecule has 136 valence electrons. The Kier molecular flexibility index (Phi) is 5.91. The third kappa shape index (κ3) is 4.62. The van der Waals surface area contributed by atoms with Gasteiger partial charge in [0.25, 0.3) is 0 Å². The van der Waals surface area contributed by atoms with Crippen molar-refractivity contribution in [1.29, 1.82) is 0 Å². The predicted molar refractivity (Wildman–Crippen MR) is 99.6 cm³/mol. The molecule has 2 aromatic carbocycles. The van der Waals surface area contributed by atoms with Gasteiger partial charge in [0, 0.05) is 24.7 Å². The molecule has 0 bridgehead atoms. The number of aliphatic hydroxyl groups is 1. The molecule has 0 spiro atoms. The molecule has 0 aliphatic carbocycles. The van der Waals surface area contributed by atoms with Gasteiger partial charge in [0.1, 0.15) is 0 Å². The summed E-state index contributed by atoms with van der Waals surface area (Å²) in [7, 11) is 0. The second-order valence-corrected chi connectivity index (χ2v) is 6.86. The minimum absolute atomic E-state index is 0.0345. The summed E-state index contributed by atoms with van der Waals surface area (Å²) in [6.07, 6.45) is -0.668. The van der Waals surface area contributed by atoms with Crippen molar-refractivity contribution in [3.05, 3.63) is 70.7 Å². The molecule has 1 unspecified atom stereocenters. The highest BCUT2D eigenvalue weighted by Crippen LogP contribution is 2.17. The molecule has 1 N–H and O–H groups in total. The predicted octanol–water partition coefficient (Wildman–Crippen LogP) is 2.11. The summed E-state index contributed by atoms with van der Waals surface area (Å²) in [5.74, 6) is -0.384. The Bertz CT molecular complexity index is 782. The molecular weight excluding hydrogens is 352 g/mol. The van der Waals surface area contributed by atoms with Crippen LogP contribution in [-0.2, 0) is 22.6 Å². The lowest BCUT2D eigenvalue weighted by atomic mass is 10.1. The van der Waals surface area contributed by atoms with Gasteiger partial charge in [-0.1, -0.05) is 60.1 Å². The lowest BCUT2D eigenvalue weighted by Crippen LogP contribution is -2.40. The molecule has 1 aliphatic heterocycles. The fourth-order valence-corrected chi connectivity index (χ4v) is 3.26. The van der Waals surface area contributed by atoms with Crippen LogP contribution in [0.15, 0.2) is 54.6 Å². The third-order valence-corrected chi connectivity index (χ3v) is 4.78. The van der Waals surface area contributed by atoms with Gasteiger partial charge >= 0.3 is 0 Å². The fourth-order valence-electron chi connectivity index (χ4n) is 3.06. The first-order valence-electron chi connectivity index (χ1n) is 8.54. The Morgan fingerprint density at radius 2 is 1.77 bits per heavy atom. The number of aliphatic hydroxyl groups excluding tert-OH is 1. The van der Waals surface area contributed by atoms with E-state index in [4.69, 9.17) is 11.6 Å². The second-order valence-electron chi connectivity index (χ2n) is 6.46. The van der Waals surface area contributed by atoms with Crippen molar-refractivity contribution in [2.45, 2.75) is 19.1 Å². The van der Waals surface area contributed by atoms with Crippen molar-refractivity contribution >= 4 is 23.4 Å². The maximum atomic E-state index is 12.6. The number of hydrogen-bond donors (Lipinski definition) is 1. The molecule has 6 heteroatoms. The standard InChI is InChI=1S/C20H21ClN2O3/c21-18-9-5-4-8-16(18)10-19(25)23-13-17(24)12-22(20(26)14-23)11-15-6-2-1-3-7-15/h1-9,17,24H,10-14H2. The molecule has 0 radical (unpaired) electrons. The lowest BCUT2D eigenvalue weighted by molar-refractivity contribution is -0.138. The van der Waals surface area contributed by atoms with Crippen molar-refractivity contribution in [1.82, 2.24) is 9.80 Å². The molecule has 26 heavy (non-hydrogen) atoms. The number of halogens is 1. The van der Waals surface area contributed by atoms with Crippen molar-refractivity contribution in [2.24, 2.45) is 0 Å². The van der Waals surface area contributed by atoms with Crippen LogP contribution in [0.3, 0.4) is 0 Å². The molecule has 2 aromatic rings. The number of carbonyl (C=O) groups excluding carboxylic acids is 2. The molecule has 5 nitrogen and oxygen atoms in total. The molecular formula is C20H21ClN2O3. The monoisotopic (exact) mass is 372 g/mol. The zero-order chi connectivity index (χ0) is 18.5. The van der Waals surface area contributed by atoms with Gasteiger partial charge in [0.15, 0.2) is 0 Å². The number of β-amino-alcohol motifs (C(OH)–C–C–N with tert-alkyl or cyclic N) is 1. The van der Waals surface area contributed by atoms with Crippen molar-refractivity contribution < 1.29 is 14.7 Å². The molecule has 0 aromatic heterocycles. The summed E-state index contributed by atoms with van der Waals surface area (Å²) in [6.45, 7) is 0.736. The SMILES string of the molecule is O=C(Cc1ccccc1Cl)N1CC(=O)N(Cc2ccccc2)CC(O)C1. The number of rotatable bonds is 4. The first kappa shape index (κ1) is 18.4. The minimum Gasteiger partial charge on any atom is -0.389 e. The number of hydrogen-bond acceptors (Lipinski definition) is 3. The maximum absolute atomic E-state index is 12.6. The largest absolute Gasteiger partial charge is 0.389 e. The minimum atomic E-state index is -0.777.